The molecule has 112 valence electrons. The number of ether oxygens (including phenoxy) is 1. The first-order valence-corrected chi connectivity index (χ1v) is 7.67. The maximum absolute atomic E-state index is 12.2. The van der Waals surface area contributed by atoms with Crippen molar-refractivity contribution >= 4 is 52.4 Å². The zero-order valence-electron chi connectivity index (χ0n) is 10.9. The van der Waals surface area contributed by atoms with Crippen LogP contribution in [-0.2, 0) is 4.74 Å². The van der Waals surface area contributed by atoms with E-state index in [9.17, 15) is 9.59 Å². The van der Waals surface area contributed by atoms with Gasteiger partial charge in [0.15, 0.2) is 5.78 Å². The predicted molar refractivity (Wildman–Crippen MR) is 81.7 cm³/mol. The van der Waals surface area contributed by atoms with Crippen molar-refractivity contribution < 1.29 is 14.3 Å². The molecule has 1 atom stereocenters. The van der Waals surface area contributed by atoms with Gasteiger partial charge in [-0.05, 0) is 18.1 Å². The molecule has 2 aliphatic rings. The molecular weight excluding hydrogens is 337 g/mol. The fraction of sp³-hybridized carbons (Fsp3) is 0.429. The first kappa shape index (κ1) is 14.9. The number of rotatable bonds is 1. The summed E-state index contributed by atoms with van der Waals surface area (Å²) in [5, 5.41) is 0. The summed E-state index contributed by atoms with van der Waals surface area (Å²) in [5.74, 6) is 0.300. The molecule has 0 saturated carbocycles. The lowest BCUT2D eigenvalue weighted by atomic mass is 9.83. The van der Waals surface area contributed by atoms with Crippen molar-refractivity contribution in [3.8, 4) is 0 Å². The molecule has 1 aromatic carbocycles. The van der Waals surface area contributed by atoms with Gasteiger partial charge in [0.2, 0.25) is 3.79 Å². The molecule has 3 rings (SSSR count). The second-order valence-corrected chi connectivity index (χ2v) is 7.69. The van der Waals surface area contributed by atoms with Crippen LogP contribution in [0.25, 0.3) is 0 Å². The maximum Gasteiger partial charge on any atom is 0.414 e. The fourth-order valence-corrected chi connectivity index (χ4v) is 3.10. The van der Waals surface area contributed by atoms with Crippen LogP contribution in [-0.4, -0.2) is 28.8 Å². The van der Waals surface area contributed by atoms with Crippen molar-refractivity contribution in [2.45, 2.75) is 22.6 Å². The number of hydrogen-bond acceptors (Lipinski definition) is 3. The highest BCUT2D eigenvalue weighted by molar-refractivity contribution is 6.67. The fourth-order valence-electron chi connectivity index (χ4n) is 2.94. The minimum Gasteiger partial charge on any atom is -0.445 e. The van der Waals surface area contributed by atoms with Crippen molar-refractivity contribution in [1.82, 2.24) is 0 Å². The minimum absolute atomic E-state index is 0.125. The smallest absolute Gasteiger partial charge is 0.414 e. The molecule has 0 aromatic heterocycles. The lowest BCUT2D eigenvalue weighted by Crippen LogP contribution is -2.32. The number of hydrogen-bond donors (Lipinski definition) is 0. The molecule has 1 amide bonds. The number of anilines is 1. The van der Waals surface area contributed by atoms with E-state index in [1.54, 1.807) is 6.07 Å². The molecule has 0 bridgehead atoms. The van der Waals surface area contributed by atoms with E-state index in [1.807, 2.05) is 12.1 Å². The number of alkyl halides is 3. The second-order valence-electron chi connectivity index (χ2n) is 5.18. The molecule has 0 radical (unpaired) electrons. The number of nitrogens with zero attached hydrogens (tertiary/aromatic N) is 1. The molecule has 21 heavy (non-hydrogen) atoms. The number of benzene rings is 1. The van der Waals surface area contributed by atoms with Gasteiger partial charge in [-0.1, -0.05) is 46.9 Å². The number of carbonyl (C=O) groups excluding carboxylic acids is 2. The Morgan fingerprint density at radius 2 is 2.14 bits per heavy atom. The van der Waals surface area contributed by atoms with Gasteiger partial charge >= 0.3 is 6.09 Å². The van der Waals surface area contributed by atoms with E-state index in [-0.39, 0.29) is 18.3 Å². The van der Waals surface area contributed by atoms with Crippen molar-refractivity contribution in [1.29, 1.82) is 0 Å². The molecule has 1 heterocycles. The van der Waals surface area contributed by atoms with E-state index < -0.39 is 9.89 Å². The van der Waals surface area contributed by atoms with Crippen LogP contribution >= 0.6 is 34.8 Å². The summed E-state index contributed by atoms with van der Waals surface area (Å²) in [4.78, 5) is 25.6. The first-order valence-electron chi connectivity index (χ1n) is 6.54. The summed E-state index contributed by atoms with van der Waals surface area (Å²) in [6.45, 7) is 0.184. The van der Waals surface area contributed by atoms with Crippen LogP contribution in [0.2, 0.25) is 0 Å². The number of Topliss-reactive ketones (excluding diaryl/α,β-unsaturated/α-hetero) is 1. The summed E-state index contributed by atoms with van der Waals surface area (Å²) in [6.07, 6.45) is 0.700. The number of halogens is 3. The van der Waals surface area contributed by atoms with Crippen molar-refractivity contribution in [3.63, 3.8) is 0 Å². The molecule has 0 fully saturated rings. The summed E-state index contributed by atoms with van der Waals surface area (Å²) in [5.41, 5.74) is 2.37. The first-order chi connectivity index (χ1) is 9.87. The van der Waals surface area contributed by atoms with Gasteiger partial charge in [0.05, 0.1) is 5.69 Å². The van der Waals surface area contributed by atoms with Gasteiger partial charge in [-0.3, -0.25) is 9.69 Å². The van der Waals surface area contributed by atoms with Crippen LogP contribution in [0.4, 0.5) is 10.5 Å². The summed E-state index contributed by atoms with van der Waals surface area (Å²) < 4.78 is 3.40. The van der Waals surface area contributed by atoms with Crippen molar-refractivity contribution in [2.24, 2.45) is 0 Å². The number of carbonyl (C=O) groups is 2. The molecule has 1 aliphatic carbocycles. The molecule has 0 N–H and O–H groups in total. The van der Waals surface area contributed by atoms with E-state index in [0.717, 1.165) is 17.7 Å². The average Bonchev–Trinajstić information content (AvgIpc) is 2.80. The normalized spacial score (nSPS) is 20.4. The van der Waals surface area contributed by atoms with Gasteiger partial charge in [-0.25, -0.2) is 4.79 Å². The van der Waals surface area contributed by atoms with Crippen molar-refractivity contribution in [2.75, 3.05) is 18.1 Å². The Hall–Kier alpha value is -0.970. The quantitative estimate of drug-likeness (QED) is 0.719. The van der Waals surface area contributed by atoms with Gasteiger partial charge in [-0.2, -0.15) is 0 Å². The average molecular weight is 349 g/mol. The third-order valence-electron chi connectivity index (χ3n) is 3.79. The predicted octanol–water partition coefficient (Wildman–Crippen LogP) is 4.07. The van der Waals surface area contributed by atoms with Crippen LogP contribution in [0.1, 0.15) is 34.7 Å². The van der Waals surface area contributed by atoms with Gasteiger partial charge in [-0.15, -0.1) is 0 Å². The van der Waals surface area contributed by atoms with Crippen LogP contribution < -0.4 is 4.90 Å². The molecule has 0 saturated heterocycles. The Morgan fingerprint density at radius 1 is 1.38 bits per heavy atom. The standard InChI is InChI=1S/C14H12Cl3NO3/c15-14(16,17)7-21-13(20)18-6-8-4-5-11(19)9-2-1-3-10(18)12(8)9/h1-3,8H,4-7H2. The molecule has 7 heteroatoms. The van der Waals surface area contributed by atoms with E-state index in [4.69, 9.17) is 39.5 Å². The third kappa shape index (κ3) is 2.85. The Morgan fingerprint density at radius 3 is 2.86 bits per heavy atom. The van der Waals surface area contributed by atoms with E-state index in [0.29, 0.717) is 18.5 Å². The van der Waals surface area contributed by atoms with Gasteiger partial charge < -0.3 is 4.74 Å². The van der Waals surface area contributed by atoms with Crippen LogP contribution in [0.3, 0.4) is 0 Å². The van der Waals surface area contributed by atoms with Crippen LogP contribution in [0, 0.1) is 0 Å². The second kappa shape index (κ2) is 5.34. The van der Waals surface area contributed by atoms with Crippen molar-refractivity contribution in [3.05, 3.63) is 29.3 Å². The minimum atomic E-state index is -1.64. The number of ketones is 1. The summed E-state index contributed by atoms with van der Waals surface area (Å²) in [7, 11) is 0. The summed E-state index contributed by atoms with van der Waals surface area (Å²) >= 11 is 16.8. The Labute approximate surface area is 136 Å². The largest absolute Gasteiger partial charge is 0.445 e. The Bertz CT molecular complexity index is 612. The molecule has 1 aromatic rings. The summed E-state index contributed by atoms with van der Waals surface area (Å²) in [6, 6.07) is 5.40. The molecule has 0 spiro atoms. The van der Waals surface area contributed by atoms with Gasteiger partial charge in [0.25, 0.3) is 0 Å². The van der Waals surface area contributed by atoms with Crippen LogP contribution in [0.15, 0.2) is 18.2 Å². The molecule has 4 nitrogen and oxygen atoms in total. The molecule has 1 unspecified atom stereocenters. The third-order valence-corrected chi connectivity index (χ3v) is 4.11. The Kier molecular flexibility index (Phi) is 3.80. The van der Waals surface area contributed by atoms with E-state index in [2.05, 4.69) is 0 Å². The van der Waals surface area contributed by atoms with Gasteiger partial charge in [0.1, 0.15) is 6.61 Å². The number of amides is 1. The molecule has 1 aliphatic heterocycles. The topological polar surface area (TPSA) is 46.6 Å². The van der Waals surface area contributed by atoms with Crippen LogP contribution in [0.5, 0.6) is 0 Å². The maximum atomic E-state index is 12.2. The zero-order chi connectivity index (χ0) is 15.2. The SMILES string of the molecule is O=C1CCC2CN(C(=O)OCC(Cl)(Cl)Cl)c3cccc1c32. The lowest BCUT2D eigenvalue weighted by Gasteiger charge is -2.19. The monoisotopic (exact) mass is 347 g/mol. The Balaban J connectivity index is 1.86. The molecular formula is C14H12Cl3NO3. The highest BCUT2D eigenvalue weighted by Crippen LogP contribution is 2.44. The van der Waals surface area contributed by atoms with Gasteiger partial charge in [0, 0.05) is 24.4 Å². The highest BCUT2D eigenvalue weighted by Gasteiger charge is 2.39. The van der Waals surface area contributed by atoms with E-state index in [1.165, 1.54) is 4.90 Å². The zero-order valence-corrected chi connectivity index (χ0v) is 13.2. The van der Waals surface area contributed by atoms with E-state index >= 15 is 0 Å². The lowest BCUT2D eigenvalue weighted by molar-refractivity contribution is 0.0968. The highest BCUT2D eigenvalue weighted by atomic mass is 35.6.